The van der Waals surface area contributed by atoms with Gasteiger partial charge in [0, 0.05) is 6.54 Å². The lowest BCUT2D eigenvalue weighted by Gasteiger charge is -2.29. The maximum Gasteiger partial charge on any atom is 0.345 e. The summed E-state index contributed by atoms with van der Waals surface area (Å²) in [5.74, 6) is -1.74. The molecule has 2 rings (SSSR count). The summed E-state index contributed by atoms with van der Waals surface area (Å²) >= 11 is 0. The number of piperidine rings is 1. The van der Waals surface area contributed by atoms with Gasteiger partial charge in [-0.25, -0.2) is 9.59 Å². The first-order valence-corrected chi connectivity index (χ1v) is 6.42. The highest BCUT2D eigenvalue weighted by molar-refractivity contribution is 5.98. The van der Waals surface area contributed by atoms with Gasteiger partial charge in [-0.05, 0) is 25.0 Å². The van der Waals surface area contributed by atoms with Crippen LogP contribution in [-0.2, 0) is 14.3 Å². The largest absolute Gasteiger partial charge is 0.388 e. The van der Waals surface area contributed by atoms with Gasteiger partial charge in [-0.3, -0.25) is 4.79 Å². The van der Waals surface area contributed by atoms with Crippen LogP contribution in [0.4, 0.5) is 0 Å². The van der Waals surface area contributed by atoms with Gasteiger partial charge in [0.05, 0.1) is 11.6 Å². The second kappa shape index (κ2) is 6.29. The standard InChI is InChI=1S/C14H16N2O4/c15-11-7-4-8-16(13(11)18)9-12(17)20-14(19)10-5-2-1-3-6-10/h1-3,5-6,11H,4,7-9,15H2/t11-/m0/s1. The molecule has 0 radical (unpaired) electrons. The fourth-order valence-electron chi connectivity index (χ4n) is 2.05. The lowest BCUT2D eigenvalue weighted by molar-refractivity contribution is -0.146. The zero-order chi connectivity index (χ0) is 14.5. The molecule has 1 aromatic carbocycles. The van der Waals surface area contributed by atoms with Gasteiger partial charge in [0.1, 0.15) is 6.54 Å². The van der Waals surface area contributed by atoms with Crippen molar-refractivity contribution in [2.45, 2.75) is 18.9 Å². The second-order valence-electron chi connectivity index (χ2n) is 4.64. The topological polar surface area (TPSA) is 89.7 Å². The Hall–Kier alpha value is -2.21. The molecule has 1 aliphatic heterocycles. The van der Waals surface area contributed by atoms with Gasteiger partial charge in [0.2, 0.25) is 5.91 Å². The summed E-state index contributed by atoms with van der Waals surface area (Å²) in [6.07, 6.45) is 1.36. The monoisotopic (exact) mass is 276 g/mol. The van der Waals surface area contributed by atoms with Gasteiger partial charge in [0.25, 0.3) is 0 Å². The van der Waals surface area contributed by atoms with Crippen LogP contribution in [0.5, 0.6) is 0 Å². The third kappa shape index (κ3) is 3.42. The zero-order valence-corrected chi connectivity index (χ0v) is 11.0. The molecular weight excluding hydrogens is 260 g/mol. The first-order valence-electron chi connectivity index (χ1n) is 6.42. The van der Waals surface area contributed by atoms with Crippen LogP contribution in [0.25, 0.3) is 0 Å². The molecular formula is C14H16N2O4. The molecule has 106 valence electrons. The van der Waals surface area contributed by atoms with E-state index in [2.05, 4.69) is 0 Å². The van der Waals surface area contributed by atoms with Crippen LogP contribution in [0.3, 0.4) is 0 Å². The van der Waals surface area contributed by atoms with E-state index >= 15 is 0 Å². The number of carbonyl (C=O) groups excluding carboxylic acids is 3. The van der Waals surface area contributed by atoms with Gasteiger partial charge < -0.3 is 15.4 Å². The molecule has 0 bridgehead atoms. The number of amides is 1. The Morgan fingerprint density at radius 2 is 2.00 bits per heavy atom. The Balaban J connectivity index is 1.89. The van der Waals surface area contributed by atoms with Crippen molar-refractivity contribution in [3.63, 3.8) is 0 Å². The van der Waals surface area contributed by atoms with Gasteiger partial charge in [-0.1, -0.05) is 18.2 Å². The SMILES string of the molecule is N[C@H]1CCCN(CC(=O)OC(=O)c2ccccc2)C1=O. The van der Waals surface area contributed by atoms with E-state index in [0.29, 0.717) is 18.5 Å². The van der Waals surface area contributed by atoms with E-state index in [1.807, 2.05) is 0 Å². The van der Waals surface area contributed by atoms with Gasteiger partial charge in [-0.2, -0.15) is 0 Å². The quantitative estimate of drug-likeness (QED) is 0.634. The molecule has 1 atom stereocenters. The lowest BCUT2D eigenvalue weighted by Crippen LogP contribution is -2.50. The molecule has 6 nitrogen and oxygen atoms in total. The van der Waals surface area contributed by atoms with Crippen LogP contribution in [0, 0.1) is 0 Å². The van der Waals surface area contributed by atoms with E-state index in [1.54, 1.807) is 30.3 Å². The third-order valence-electron chi connectivity index (χ3n) is 3.11. The predicted molar refractivity (Wildman–Crippen MR) is 70.7 cm³/mol. The normalized spacial score (nSPS) is 18.8. The average Bonchev–Trinajstić information content (AvgIpc) is 2.45. The Morgan fingerprint density at radius 3 is 2.70 bits per heavy atom. The summed E-state index contributed by atoms with van der Waals surface area (Å²) in [6, 6.07) is 7.64. The highest BCUT2D eigenvalue weighted by atomic mass is 16.6. The summed E-state index contributed by atoms with van der Waals surface area (Å²) in [5, 5.41) is 0. The fourth-order valence-corrected chi connectivity index (χ4v) is 2.05. The van der Waals surface area contributed by atoms with E-state index in [9.17, 15) is 14.4 Å². The molecule has 1 heterocycles. The lowest BCUT2D eigenvalue weighted by atomic mass is 10.1. The molecule has 0 aliphatic carbocycles. The van der Waals surface area contributed by atoms with Crippen molar-refractivity contribution in [1.29, 1.82) is 0 Å². The van der Waals surface area contributed by atoms with Crippen molar-refractivity contribution < 1.29 is 19.1 Å². The van der Waals surface area contributed by atoms with E-state index in [0.717, 1.165) is 6.42 Å². The number of nitrogens with two attached hydrogens (primary N) is 1. The number of rotatable bonds is 3. The number of benzene rings is 1. The Bertz CT molecular complexity index is 515. The minimum Gasteiger partial charge on any atom is -0.388 e. The van der Waals surface area contributed by atoms with Gasteiger partial charge in [0.15, 0.2) is 0 Å². The minimum absolute atomic E-state index is 0.245. The minimum atomic E-state index is -0.749. The number of nitrogens with zero attached hydrogens (tertiary/aromatic N) is 1. The highest BCUT2D eigenvalue weighted by Gasteiger charge is 2.28. The van der Waals surface area contributed by atoms with Crippen LogP contribution in [0.1, 0.15) is 23.2 Å². The maximum absolute atomic E-state index is 11.7. The predicted octanol–water partition coefficient (Wildman–Crippen LogP) is 0.320. The molecule has 1 saturated heterocycles. The number of hydrogen-bond donors (Lipinski definition) is 1. The molecule has 0 unspecified atom stereocenters. The van der Waals surface area contributed by atoms with Crippen LogP contribution in [0.15, 0.2) is 30.3 Å². The number of esters is 2. The van der Waals surface area contributed by atoms with Crippen molar-refractivity contribution >= 4 is 17.8 Å². The summed E-state index contributed by atoms with van der Waals surface area (Å²) in [4.78, 5) is 36.4. The summed E-state index contributed by atoms with van der Waals surface area (Å²) in [7, 11) is 0. The number of hydrogen-bond acceptors (Lipinski definition) is 5. The summed E-state index contributed by atoms with van der Waals surface area (Å²) in [5.41, 5.74) is 5.92. The second-order valence-corrected chi connectivity index (χ2v) is 4.64. The van der Waals surface area contributed by atoms with E-state index in [1.165, 1.54) is 4.90 Å². The summed E-state index contributed by atoms with van der Waals surface area (Å²) in [6.45, 7) is 0.215. The van der Waals surface area contributed by atoms with Crippen molar-refractivity contribution in [3.05, 3.63) is 35.9 Å². The van der Waals surface area contributed by atoms with Crippen LogP contribution in [0.2, 0.25) is 0 Å². The number of ether oxygens (including phenoxy) is 1. The first-order chi connectivity index (χ1) is 9.58. The molecule has 20 heavy (non-hydrogen) atoms. The molecule has 0 aromatic heterocycles. The fraction of sp³-hybridized carbons (Fsp3) is 0.357. The van der Waals surface area contributed by atoms with E-state index < -0.39 is 18.0 Å². The molecule has 6 heteroatoms. The average molecular weight is 276 g/mol. The molecule has 1 amide bonds. The highest BCUT2D eigenvalue weighted by Crippen LogP contribution is 2.10. The first kappa shape index (κ1) is 14.2. The van der Waals surface area contributed by atoms with E-state index in [4.69, 9.17) is 10.5 Å². The smallest absolute Gasteiger partial charge is 0.345 e. The van der Waals surface area contributed by atoms with Gasteiger partial charge in [-0.15, -0.1) is 0 Å². The van der Waals surface area contributed by atoms with Crippen molar-refractivity contribution in [2.75, 3.05) is 13.1 Å². The number of likely N-dealkylation sites (tertiary alicyclic amines) is 1. The molecule has 0 saturated carbocycles. The van der Waals surface area contributed by atoms with Gasteiger partial charge >= 0.3 is 11.9 Å². The Labute approximate surface area is 116 Å². The number of carbonyl (C=O) groups is 3. The van der Waals surface area contributed by atoms with Crippen molar-refractivity contribution in [1.82, 2.24) is 4.90 Å². The molecule has 1 fully saturated rings. The van der Waals surface area contributed by atoms with Crippen LogP contribution < -0.4 is 5.73 Å². The van der Waals surface area contributed by atoms with Crippen LogP contribution >= 0.6 is 0 Å². The van der Waals surface area contributed by atoms with Crippen molar-refractivity contribution in [3.8, 4) is 0 Å². The van der Waals surface area contributed by atoms with Crippen LogP contribution in [-0.4, -0.2) is 41.9 Å². The Kier molecular flexibility index (Phi) is 4.47. The third-order valence-corrected chi connectivity index (χ3v) is 3.11. The molecule has 1 aromatic rings. The maximum atomic E-state index is 11.7. The Morgan fingerprint density at radius 1 is 1.30 bits per heavy atom. The zero-order valence-electron chi connectivity index (χ0n) is 11.0. The summed E-state index contributed by atoms with van der Waals surface area (Å²) < 4.78 is 4.71. The molecule has 1 aliphatic rings. The molecule has 0 spiro atoms. The molecule has 2 N–H and O–H groups in total. The van der Waals surface area contributed by atoms with E-state index in [-0.39, 0.29) is 12.5 Å². The van der Waals surface area contributed by atoms with Crippen molar-refractivity contribution in [2.24, 2.45) is 5.73 Å².